The van der Waals surface area contributed by atoms with E-state index < -0.39 is 40.2 Å². The van der Waals surface area contributed by atoms with Crippen LogP contribution in [-0.2, 0) is 6.18 Å². The first kappa shape index (κ1) is 17.3. The zero-order chi connectivity index (χ0) is 19.2. The van der Waals surface area contributed by atoms with Gasteiger partial charge in [-0.1, -0.05) is 12.1 Å². The number of hydrogen-bond acceptors (Lipinski definition) is 5. The Morgan fingerprint density at radius 1 is 1.12 bits per heavy atom. The monoisotopic (exact) mass is 365 g/mol. The number of carbonyl (C=O) groups is 1. The lowest BCUT2D eigenvalue weighted by atomic mass is 10.00. The van der Waals surface area contributed by atoms with Crippen molar-refractivity contribution in [1.29, 1.82) is 0 Å². The predicted octanol–water partition coefficient (Wildman–Crippen LogP) is 3.46. The minimum Gasteiger partial charge on any atom is -0.506 e. The van der Waals surface area contributed by atoms with Crippen molar-refractivity contribution in [2.24, 2.45) is 0 Å². The van der Waals surface area contributed by atoms with Crippen LogP contribution < -0.4 is 11.2 Å². The molecule has 0 saturated heterocycles. The molecule has 0 radical (unpaired) electrons. The molecule has 3 aromatic rings. The Bertz CT molecular complexity index is 1080. The standard InChI is InChI=1S/C17H10F3NO5/c18-17(19,20)15-13(7-1-3-8(4-2-7)16(24)25)14(23)9-5-10(21)11(22)6-12(9)26-15/h1-6,22H,21H2,(H,24,25). The van der Waals surface area contributed by atoms with Crippen LogP contribution in [0, 0.1) is 0 Å². The van der Waals surface area contributed by atoms with Gasteiger partial charge in [-0.3, -0.25) is 4.79 Å². The average molecular weight is 365 g/mol. The van der Waals surface area contributed by atoms with E-state index in [2.05, 4.69) is 0 Å². The molecule has 26 heavy (non-hydrogen) atoms. The maximum atomic E-state index is 13.4. The molecule has 0 bridgehead atoms. The van der Waals surface area contributed by atoms with Gasteiger partial charge in [-0.05, 0) is 23.8 Å². The van der Waals surface area contributed by atoms with Gasteiger partial charge in [0.2, 0.25) is 11.2 Å². The molecule has 0 saturated carbocycles. The predicted molar refractivity (Wildman–Crippen MR) is 86.0 cm³/mol. The molecule has 9 heteroatoms. The van der Waals surface area contributed by atoms with Gasteiger partial charge in [0.1, 0.15) is 11.3 Å². The van der Waals surface area contributed by atoms with Gasteiger partial charge in [0.25, 0.3) is 0 Å². The molecule has 0 aliphatic rings. The fourth-order valence-electron chi connectivity index (χ4n) is 2.49. The van der Waals surface area contributed by atoms with Crippen molar-refractivity contribution in [3.8, 4) is 16.9 Å². The molecule has 0 unspecified atom stereocenters. The summed E-state index contributed by atoms with van der Waals surface area (Å²) in [5.74, 6) is -3.34. The lowest BCUT2D eigenvalue weighted by Crippen LogP contribution is -2.16. The first-order valence-corrected chi connectivity index (χ1v) is 7.10. The first-order chi connectivity index (χ1) is 12.1. The Kier molecular flexibility index (Phi) is 3.87. The molecule has 1 aromatic heterocycles. The van der Waals surface area contributed by atoms with Crippen LogP contribution in [0.25, 0.3) is 22.1 Å². The van der Waals surface area contributed by atoms with Gasteiger partial charge in [-0.15, -0.1) is 0 Å². The van der Waals surface area contributed by atoms with Crippen molar-refractivity contribution >= 4 is 22.6 Å². The van der Waals surface area contributed by atoms with Crippen LogP contribution >= 0.6 is 0 Å². The normalized spacial score (nSPS) is 11.7. The van der Waals surface area contributed by atoms with Gasteiger partial charge in [0, 0.05) is 6.07 Å². The fourth-order valence-corrected chi connectivity index (χ4v) is 2.49. The van der Waals surface area contributed by atoms with Crippen molar-refractivity contribution < 1.29 is 32.6 Å². The number of alkyl halides is 3. The molecule has 0 amide bonds. The highest BCUT2D eigenvalue weighted by Gasteiger charge is 2.39. The van der Waals surface area contributed by atoms with E-state index in [9.17, 15) is 27.9 Å². The highest BCUT2D eigenvalue weighted by atomic mass is 19.4. The summed E-state index contributed by atoms with van der Waals surface area (Å²) in [4.78, 5) is 23.6. The number of aromatic hydroxyl groups is 1. The minimum atomic E-state index is -4.99. The Hall–Kier alpha value is -3.49. The van der Waals surface area contributed by atoms with Crippen LogP contribution in [0.3, 0.4) is 0 Å². The molecular formula is C17H10F3NO5. The number of phenols is 1. The maximum absolute atomic E-state index is 13.4. The topological polar surface area (TPSA) is 114 Å². The van der Waals surface area contributed by atoms with Crippen LogP contribution in [0.1, 0.15) is 16.1 Å². The Balaban J connectivity index is 2.38. The van der Waals surface area contributed by atoms with Gasteiger partial charge in [-0.25, -0.2) is 4.79 Å². The maximum Gasteiger partial charge on any atom is 0.450 e. The van der Waals surface area contributed by atoms with Crippen molar-refractivity contribution in [3.63, 3.8) is 0 Å². The van der Waals surface area contributed by atoms with Crippen LogP contribution in [0.2, 0.25) is 0 Å². The molecular weight excluding hydrogens is 355 g/mol. The third-order valence-corrected chi connectivity index (χ3v) is 3.72. The van der Waals surface area contributed by atoms with E-state index >= 15 is 0 Å². The van der Waals surface area contributed by atoms with Crippen LogP contribution in [-0.4, -0.2) is 16.2 Å². The van der Waals surface area contributed by atoms with E-state index in [1.165, 1.54) is 0 Å². The fraction of sp³-hybridized carbons (Fsp3) is 0.0588. The number of fused-ring (bicyclic) bond motifs is 1. The number of rotatable bonds is 2. The third kappa shape index (κ3) is 2.83. The van der Waals surface area contributed by atoms with Crippen molar-refractivity contribution in [1.82, 2.24) is 0 Å². The SMILES string of the molecule is Nc1cc2c(=O)c(-c3ccc(C(=O)O)cc3)c(C(F)(F)F)oc2cc1O. The second kappa shape index (κ2) is 5.80. The molecule has 0 aliphatic heterocycles. The molecule has 3 rings (SSSR count). The van der Waals surface area contributed by atoms with E-state index in [1.54, 1.807) is 0 Å². The summed E-state index contributed by atoms with van der Waals surface area (Å²) >= 11 is 0. The molecule has 0 atom stereocenters. The molecule has 2 aromatic carbocycles. The Morgan fingerprint density at radius 2 is 1.73 bits per heavy atom. The summed E-state index contributed by atoms with van der Waals surface area (Å²) in [6.45, 7) is 0. The van der Waals surface area contributed by atoms with E-state index in [-0.39, 0.29) is 22.2 Å². The van der Waals surface area contributed by atoms with Crippen LogP contribution in [0.5, 0.6) is 5.75 Å². The van der Waals surface area contributed by atoms with Crippen molar-refractivity contribution in [3.05, 3.63) is 57.9 Å². The molecule has 0 fully saturated rings. The summed E-state index contributed by atoms with van der Waals surface area (Å²) in [7, 11) is 0. The summed E-state index contributed by atoms with van der Waals surface area (Å²) < 4.78 is 45.1. The second-order valence-corrected chi connectivity index (χ2v) is 5.42. The number of nitrogen functional groups attached to an aromatic ring is 1. The number of anilines is 1. The number of benzene rings is 2. The number of hydrogen-bond donors (Lipinski definition) is 3. The van der Waals surface area contributed by atoms with Gasteiger partial charge >= 0.3 is 12.1 Å². The van der Waals surface area contributed by atoms with Crippen molar-refractivity contribution in [2.75, 3.05) is 5.73 Å². The quantitative estimate of drug-likeness (QED) is 0.473. The zero-order valence-corrected chi connectivity index (χ0v) is 12.8. The highest BCUT2D eigenvalue weighted by Crippen LogP contribution is 2.38. The van der Waals surface area contributed by atoms with E-state index in [0.717, 1.165) is 36.4 Å². The minimum absolute atomic E-state index is 0.151. The lowest BCUT2D eigenvalue weighted by Gasteiger charge is -2.13. The highest BCUT2D eigenvalue weighted by molar-refractivity contribution is 5.90. The number of halogens is 3. The zero-order valence-electron chi connectivity index (χ0n) is 12.8. The van der Waals surface area contributed by atoms with Gasteiger partial charge in [-0.2, -0.15) is 13.2 Å². The van der Waals surface area contributed by atoms with Crippen LogP contribution in [0.4, 0.5) is 18.9 Å². The van der Waals surface area contributed by atoms with E-state index in [4.69, 9.17) is 15.3 Å². The molecule has 0 spiro atoms. The number of aromatic carboxylic acids is 1. The van der Waals surface area contributed by atoms with Crippen LogP contribution in [0.15, 0.2) is 45.6 Å². The van der Waals surface area contributed by atoms with Gasteiger partial charge in [0.15, 0.2) is 0 Å². The average Bonchev–Trinajstić information content (AvgIpc) is 2.56. The number of carboxylic acids is 1. The summed E-state index contributed by atoms with van der Waals surface area (Å²) in [5.41, 5.74) is 2.74. The molecule has 134 valence electrons. The third-order valence-electron chi connectivity index (χ3n) is 3.72. The molecule has 1 heterocycles. The molecule has 6 nitrogen and oxygen atoms in total. The van der Waals surface area contributed by atoms with E-state index in [1.807, 2.05) is 0 Å². The summed E-state index contributed by atoms with van der Waals surface area (Å²) in [6, 6.07) is 6.17. The van der Waals surface area contributed by atoms with Gasteiger partial charge in [0.05, 0.1) is 22.2 Å². The smallest absolute Gasteiger partial charge is 0.450 e. The van der Waals surface area contributed by atoms with Crippen molar-refractivity contribution in [2.45, 2.75) is 6.18 Å². The largest absolute Gasteiger partial charge is 0.506 e. The Morgan fingerprint density at radius 3 is 2.27 bits per heavy atom. The summed E-state index contributed by atoms with van der Waals surface area (Å²) in [5, 5.41) is 18.2. The van der Waals surface area contributed by atoms with E-state index in [0.29, 0.717) is 0 Å². The second-order valence-electron chi connectivity index (χ2n) is 5.42. The molecule has 4 N–H and O–H groups in total. The number of nitrogens with two attached hydrogens (primary N) is 1. The van der Waals surface area contributed by atoms with Gasteiger partial charge < -0.3 is 20.4 Å². The molecule has 0 aliphatic carbocycles. The number of phenolic OH excluding ortho intramolecular Hbond substituents is 1. The lowest BCUT2D eigenvalue weighted by molar-refractivity contribution is -0.152. The summed E-state index contributed by atoms with van der Waals surface area (Å²) in [6.07, 6.45) is -4.99. The Labute approximate surface area is 142 Å². The number of carboxylic acid groups (broad SMARTS) is 1. The first-order valence-electron chi connectivity index (χ1n) is 7.10.